The zero-order valence-corrected chi connectivity index (χ0v) is 35.0. The second-order valence-corrected chi connectivity index (χ2v) is 18.4. The molecule has 0 spiro atoms. The highest BCUT2D eigenvalue weighted by molar-refractivity contribution is 6.07. The van der Waals surface area contributed by atoms with Crippen molar-refractivity contribution >= 4 is 39.4 Å². The Balaban J connectivity index is 1.54. The molecule has 308 valence electrons. The predicted molar refractivity (Wildman–Crippen MR) is 224 cm³/mol. The summed E-state index contributed by atoms with van der Waals surface area (Å²) in [6.07, 6.45) is 5.44. The summed E-state index contributed by atoms with van der Waals surface area (Å²) in [5.41, 5.74) is 0.829. The van der Waals surface area contributed by atoms with Crippen LogP contribution < -0.4 is 14.4 Å². The summed E-state index contributed by atoms with van der Waals surface area (Å²) in [5.74, 6) is -0.0445. The Bertz CT molecular complexity index is 2240. The molecule has 4 aliphatic rings. The number of hydrogen-bond acceptors (Lipinski definition) is 9. The van der Waals surface area contributed by atoms with Gasteiger partial charge in [-0.15, -0.1) is 0 Å². The zero-order valence-electron chi connectivity index (χ0n) is 35.0. The molecular weight excluding hydrogens is 736 g/mol. The van der Waals surface area contributed by atoms with Crippen molar-refractivity contribution in [2.45, 2.75) is 117 Å². The van der Waals surface area contributed by atoms with E-state index in [1.165, 1.54) is 0 Å². The molecule has 1 aliphatic heterocycles. The van der Waals surface area contributed by atoms with Gasteiger partial charge in [0.15, 0.2) is 5.82 Å². The van der Waals surface area contributed by atoms with E-state index in [1.807, 2.05) is 51.1 Å². The lowest BCUT2D eigenvalue weighted by molar-refractivity contribution is -0.142. The number of nitrogens with zero attached hydrogens (tertiary/aromatic N) is 4. The number of amides is 1. The normalized spacial score (nSPS) is 20.6. The lowest BCUT2D eigenvalue weighted by atomic mass is 9.76. The van der Waals surface area contributed by atoms with Crippen LogP contribution in [0.1, 0.15) is 97.6 Å². The van der Waals surface area contributed by atoms with Gasteiger partial charge in [0, 0.05) is 41.6 Å². The molecule has 58 heavy (non-hydrogen) atoms. The molecule has 4 aromatic rings. The molecule has 3 atom stereocenters. The Labute approximate surface area is 341 Å². The fraction of sp³-hybridized carbons (Fsp3) is 0.532. The molecule has 3 saturated carbocycles. The molecule has 2 bridgehead atoms. The Morgan fingerprint density at radius 3 is 2.41 bits per heavy atom. The van der Waals surface area contributed by atoms with Gasteiger partial charge in [-0.3, -0.25) is 9.69 Å². The lowest BCUT2D eigenvalue weighted by Crippen LogP contribution is -2.53. The van der Waals surface area contributed by atoms with E-state index in [0.29, 0.717) is 47.2 Å². The topological polar surface area (TPSA) is 125 Å². The molecule has 2 heterocycles. The van der Waals surface area contributed by atoms with Crippen LogP contribution in [0.25, 0.3) is 32.8 Å². The molecule has 0 radical (unpaired) electrons. The van der Waals surface area contributed by atoms with Gasteiger partial charge < -0.3 is 24.2 Å². The van der Waals surface area contributed by atoms with Crippen molar-refractivity contribution in [3.05, 3.63) is 59.4 Å². The Morgan fingerprint density at radius 2 is 1.78 bits per heavy atom. The number of benzene rings is 3. The highest BCUT2D eigenvalue weighted by Crippen LogP contribution is 2.54. The fourth-order valence-corrected chi connectivity index (χ4v) is 9.10. The van der Waals surface area contributed by atoms with Crippen molar-refractivity contribution < 1.29 is 33.3 Å². The van der Waals surface area contributed by atoms with Crippen molar-refractivity contribution in [3.8, 4) is 28.8 Å². The van der Waals surface area contributed by atoms with E-state index >= 15 is 4.39 Å². The van der Waals surface area contributed by atoms with Gasteiger partial charge in [0.2, 0.25) is 5.88 Å². The molecule has 2 unspecified atom stereocenters. The number of aryl methyl sites for hydroxylation is 1. The number of aliphatic hydroxyl groups is 1. The summed E-state index contributed by atoms with van der Waals surface area (Å²) >= 11 is 0. The number of rotatable bonds is 12. The Kier molecular flexibility index (Phi) is 11.7. The Hall–Kier alpha value is -4.79. The van der Waals surface area contributed by atoms with Gasteiger partial charge in [0.05, 0.1) is 17.2 Å². The van der Waals surface area contributed by atoms with Gasteiger partial charge in [-0.2, -0.15) is 5.26 Å². The van der Waals surface area contributed by atoms with Crippen molar-refractivity contribution in [1.29, 1.82) is 5.26 Å². The number of hydrogen-bond donors (Lipinski definition) is 1. The number of ether oxygens (including phenoxy) is 3. The van der Waals surface area contributed by atoms with E-state index in [1.54, 1.807) is 37.8 Å². The van der Waals surface area contributed by atoms with Gasteiger partial charge in [-0.05, 0) is 158 Å². The van der Waals surface area contributed by atoms with Crippen molar-refractivity contribution in [2.75, 3.05) is 31.7 Å². The first-order valence-corrected chi connectivity index (χ1v) is 20.9. The Morgan fingerprint density at radius 1 is 1.03 bits per heavy atom. The van der Waals surface area contributed by atoms with E-state index in [4.69, 9.17) is 19.2 Å². The second-order valence-electron chi connectivity index (χ2n) is 18.4. The summed E-state index contributed by atoms with van der Waals surface area (Å²) in [7, 11) is 2.06. The minimum Gasteiger partial charge on any atom is -0.476 e. The third kappa shape index (κ3) is 8.23. The average Bonchev–Trinajstić information content (AvgIpc) is 3.92. The van der Waals surface area contributed by atoms with Crippen LogP contribution in [0.4, 0.5) is 14.9 Å². The van der Waals surface area contributed by atoms with E-state index < -0.39 is 28.9 Å². The van der Waals surface area contributed by atoms with Crippen LogP contribution >= 0.6 is 0 Å². The number of nitriles is 1. The SMILES string of the molecule is CN1CCC[C@H]1COc1nc2c(F)c(-c3cc(OC(=O)C(C)(C)C)cc4ccccc34)c(CCC#N)cc2c(N(C(=O)OC(C)(C)C)C2C3CCC2C3)c1CCCO. The molecular formula is C47H57FN4O6. The molecule has 3 aromatic carbocycles. The summed E-state index contributed by atoms with van der Waals surface area (Å²) in [5, 5.41) is 22.0. The van der Waals surface area contributed by atoms with Crippen LogP contribution in [0.15, 0.2) is 42.5 Å². The number of likely N-dealkylation sites (N-methyl/N-ethyl adjacent to an activating group) is 1. The number of carbonyl (C=O) groups excluding carboxylic acids is 2. The quantitative estimate of drug-likeness (QED) is 0.110. The molecule has 10 nitrogen and oxygen atoms in total. The minimum atomic E-state index is -0.808. The monoisotopic (exact) mass is 792 g/mol. The fourth-order valence-electron chi connectivity index (χ4n) is 9.10. The summed E-state index contributed by atoms with van der Waals surface area (Å²) in [6, 6.07) is 15.1. The number of carbonyl (C=O) groups is 2. The molecule has 1 N–H and O–H groups in total. The van der Waals surface area contributed by atoms with Crippen LogP contribution in [0, 0.1) is 34.4 Å². The number of aromatic nitrogens is 1. The molecule has 11 heteroatoms. The van der Waals surface area contributed by atoms with Crippen molar-refractivity contribution in [1.82, 2.24) is 9.88 Å². The van der Waals surface area contributed by atoms with Gasteiger partial charge in [-0.25, -0.2) is 14.2 Å². The van der Waals surface area contributed by atoms with Crippen LogP contribution in [-0.4, -0.2) is 71.5 Å². The first-order chi connectivity index (χ1) is 27.6. The van der Waals surface area contributed by atoms with Crippen LogP contribution in [-0.2, 0) is 22.4 Å². The number of fused-ring (bicyclic) bond motifs is 3. The van der Waals surface area contributed by atoms with E-state index in [9.17, 15) is 20.0 Å². The van der Waals surface area contributed by atoms with E-state index in [-0.39, 0.29) is 66.1 Å². The highest BCUT2D eigenvalue weighted by Gasteiger charge is 2.53. The molecule has 3 aliphatic carbocycles. The number of aliphatic hydroxyl groups excluding tert-OH is 1. The lowest BCUT2D eigenvalue weighted by Gasteiger charge is -2.45. The molecule has 1 amide bonds. The maximum absolute atomic E-state index is 18.2. The molecule has 1 saturated heterocycles. The van der Waals surface area contributed by atoms with Crippen LogP contribution in [0.5, 0.6) is 11.6 Å². The second kappa shape index (κ2) is 16.5. The van der Waals surface area contributed by atoms with Gasteiger partial charge >= 0.3 is 12.1 Å². The van der Waals surface area contributed by atoms with Gasteiger partial charge in [0.25, 0.3) is 0 Å². The van der Waals surface area contributed by atoms with Gasteiger partial charge in [-0.1, -0.05) is 24.3 Å². The van der Waals surface area contributed by atoms with Crippen molar-refractivity contribution in [2.24, 2.45) is 17.3 Å². The number of halogens is 1. The number of likely N-dealkylation sites (tertiary alicyclic amines) is 1. The first kappa shape index (κ1) is 41.4. The molecule has 1 aromatic heterocycles. The highest BCUT2D eigenvalue weighted by atomic mass is 19.1. The summed E-state index contributed by atoms with van der Waals surface area (Å²) < 4.78 is 36.9. The number of esters is 1. The molecule has 4 fully saturated rings. The smallest absolute Gasteiger partial charge is 0.415 e. The van der Waals surface area contributed by atoms with Crippen molar-refractivity contribution in [3.63, 3.8) is 0 Å². The molecule has 8 rings (SSSR count). The largest absolute Gasteiger partial charge is 0.476 e. The summed E-state index contributed by atoms with van der Waals surface area (Å²) in [4.78, 5) is 36.9. The maximum atomic E-state index is 18.2. The minimum absolute atomic E-state index is 0.0228. The number of anilines is 1. The maximum Gasteiger partial charge on any atom is 0.415 e. The van der Waals surface area contributed by atoms with Crippen LogP contribution in [0.3, 0.4) is 0 Å². The number of pyridine rings is 1. The van der Waals surface area contributed by atoms with E-state index in [0.717, 1.165) is 49.4 Å². The summed E-state index contributed by atoms with van der Waals surface area (Å²) in [6.45, 7) is 12.0. The third-order valence-electron chi connectivity index (χ3n) is 12.0. The average molecular weight is 793 g/mol. The first-order valence-electron chi connectivity index (χ1n) is 20.9. The van der Waals surface area contributed by atoms with E-state index in [2.05, 4.69) is 18.0 Å². The van der Waals surface area contributed by atoms with Gasteiger partial charge in [0.1, 0.15) is 23.5 Å². The predicted octanol–water partition coefficient (Wildman–Crippen LogP) is 9.54. The third-order valence-corrected chi connectivity index (χ3v) is 12.0. The zero-order chi connectivity index (χ0) is 41.5. The standard InChI is InChI=1S/C47H57FN4O6/c1-46(2,3)44(54)57-33-24-28-13-8-9-16-34(28)36(26-33)38-29(14-10-20-49)25-37-40(39(38)48)50-43(56-27-32-15-11-21-51(32)7)35(17-12-22-53)42(37)52(45(55)58-47(4,5)6)41-30-18-19-31(41)23-30/h8-9,13,16,24-26,30-32,41,53H,10-12,14-15,17-19,21-23,27H2,1-7H3/t30?,31?,32-,41?/m0/s1. The van der Waals surface area contributed by atoms with Crippen LogP contribution in [0.2, 0.25) is 0 Å².